The first-order valence-electron chi connectivity index (χ1n) is 5.98. The summed E-state index contributed by atoms with van der Waals surface area (Å²) in [6, 6.07) is 5.28. The van der Waals surface area contributed by atoms with Gasteiger partial charge in [0, 0.05) is 13.6 Å². The number of aromatic nitrogens is 1. The molecule has 0 amide bonds. The van der Waals surface area contributed by atoms with Gasteiger partial charge in [0.05, 0.1) is 5.56 Å². The Morgan fingerprint density at radius 2 is 2.33 bits per heavy atom. The first kappa shape index (κ1) is 11.1. The molecule has 1 N–H and O–H groups in total. The second-order valence-corrected chi connectivity index (χ2v) is 4.81. The number of carboxylic acids is 1. The smallest absolute Gasteiger partial charge is 0.335 e. The Morgan fingerprint density at radius 1 is 1.56 bits per heavy atom. The highest BCUT2D eigenvalue weighted by atomic mass is 16.4. The molecule has 1 saturated carbocycles. The molecule has 0 aliphatic heterocycles. The van der Waals surface area contributed by atoms with Gasteiger partial charge < -0.3 is 14.4 Å². The van der Waals surface area contributed by atoms with Crippen LogP contribution in [0, 0.1) is 5.92 Å². The van der Waals surface area contributed by atoms with Gasteiger partial charge in [-0.15, -0.1) is 0 Å². The molecule has 0 spiro atoms. The minimum Gasteiger partial charge on any atom is -0.478 e. The Bertz CT molecular complexity index is 601. The van der Waals surface area contributed by atoms with Gasteiger partial charge in [-0.2, -0.15) is 4.98 Å². The summed E-state index contributed by atoms with van der Waals surface area (Å²) in [4.78, 5) is 17.2. The minimum absolute atomic E-state index is 0.218. The van der Waals surface area contributed by atoms with Crippen LogP contribution in [-0.2, 0) is 0 Å². The first-order valence-corrected chi connectivity index (χ1v) is 5.98. The molecular weight excluding hydrogens is 232 g/mol. The third kappa shape index (κ3) is 2.03. The molecule has 94 valence electrons. The normalized spacial score (nSPS) is 14.9. The van der Waals surface area contributed by atoms with E-state index in [0.29, 0.717) is 17.1 Å². The van der Waals surface area contributed by atoms with Crippen LogP contribution in [0.5, 0.6) is 0 Å². The van der Waals surface area contributed by atoms with Crippen LogP contribution in [0.1, 0.15) is 23.2 Å². The van der Waals surface area contributed by atoms with Crippen molar-refractivity contribution >= 4 is 23.1 Å². The average Bonchev–Trinajstić information content (AvgIpc) is 3.04. The van der Waals surface area contributed by atoms with Crippen molar-refractivity contribution in [3.63, 3.8) is 0 Å². The van der Waals surface area contributed by atoms with Crippen molar-refractivity contribution in [2.75, 3.05) is 18.5 Å². The van der Waals surface area contributed by atoms with Crippen molar-refractivity contribution in [2.45, 2.75) is 12.8 Å². The maximum absolute atomic E-state index is 10.9. The van der Waals surface area contributed by atoms with Crippen LogP contribution in [0.15, 0.2) is 22.6 Å². The number of rotatable bonds is 4. The number of carbonyl (C=O) groups is 1. The number of anilines is 1. The summed E-state index contributed by atoms with van der Waals surface area (Å²) >= 11 is 0. The third-order valence-corrected chi connectivity index (χ3v) is 3.18. The van der Waals surface area contributed by atoms with E-state index in [9.17, 15) is 4.79 Å². The number of aromatic carboxylic acids is 1. The van der Waals surface area contributed by atoms with Crippen LogP contribution in [0.3, 0.4) is 0 Å². The van der Waals surface area contributed by atoms with Gasteiger partial charge in [0.25, 0.3) is 6.01 Å². The zero-order chi connectivity index (χ0) is 12.7. The molecule has 1 aromatic heterocycles. The lowest BCUT2D eigenvalue weighted by Crippen LogP contribution is -2.19. The van der Waals surface area contributed by atoms with Crippen LogP contribution < -0.4 is 4.90 Å². The number of fused-ring (bicyclic) bond motifs is 1. The molecule has 5 heteroatoms. The highest BCUT2D eigenvalue weighted by Crippen LogP contribution is 2.31. The van der Waals surface area contributed by atoms with Gasteiger partial charge in [-0.1, -0.05) is 0 Å². The third-order valence-electron chi connectivity index (χ3n) is 3.18. The van der Waals surface area contributed by atoms with E-state index >= 15 is 0 Å². The number of nitrogens with zero attached hydrogens (tertiary/aromatic N) is 2. The van der Waals surface area contributed by atoms with Crippen molar-refractivity contribution in [3.8, 4) is 0 Å². The summed E-state index contributed by atoms with van der Waals surface area (Å²) in [7, 11) is 1.95. The Kier molecular flexibility index (Phi) is 2.47. The molecule has 0 saturated heterocycles. The Morgan fingerprint density at radius 3 is 3.00 bits per heavy atom. The van der Waals surface area contributed by atoms with Crippen molar-refractivity contribution in [1.82, 2.24) is 4.98 Å². The van der Waals surface area contributed by atoms with Crippen LogP contribution in [0.25, 0.3) is 11.1 Å². The van der Waals surface area contributed by atoms with Gasteiger partial charge in [0.2, 0.25) is 0 Å². The van der Waals surface area contributed by atoms with Gasteiger partial charge in [-0.3, -0.25) is 0 Å². The fraction of sp³-hybridized carbons (Fsp3) is 0.385. The van der Waals surface area contributed by atoms with E-state index < -0.39 is 5.97 Å². The Hall–Kier alpha value is -2.04. The maximum Gasteiger partial charge on any atom is 0.335 e. The number of benzene rings is 1. The molecule has 0 bridgehead atoms. The van der Waals surface area contributed by atoms with Crippen LogP contribution >= 0.6 is 0 Å². The SMILES string of the molecule is CN(CC1CC1)c1nc2ccc(C(=O)O)cc2o1. The van der Waals surface area contributed by atoms with Crippen molar-refractivity contribution in [2.24, 2.45) is 5.92 Å². The summed E-state index contributed by atoms with van der Waals surface area (Å²) < 4.78 is 5.60. The Labute approximate surface area is 104 Å². The summed E-state index contributed by atoms with van der Waals surface area (Å²) in [5, 5.41) is 8.91. The van der Waals surface area contributed by atoms with Crippen LogP contribution in [0.2, 0.25) is 0 Å². The van der Waals surface area contributed by atoms with E-state index in [1.54, 1.807) is 6.07 Å². The van der Waals surface area contributed by atoms with Crippen LogP contribution in [0.4, 0.5) is 6.01 Å². The second kappa shape index (κ2) is 4.01. The molecule has 0 unspecified atom stereocenters. The fourth-order valence-electron chi connectivity index (χ4n) is 1.97. The zero-order valence-corrected chi connectivity index (χ0v) is 10.1. The number of oxazole rings is 1. The predicted molar refractivity (Wildman–Crippen MR) is 67.0 cm³/mol. The maximum atomic E-state index is 10.9. The molecule has 5 nitrogen and oxygen atoms in total. The number of hydrogen-bond acceptors (Lipinski definition) is 4. The summed E-state index contributed by atoms with van der Waals surface area (Å²) in [5.74, 6) is -0.208. The van der Waals surface area contributed by atoms with Gasteiger partial charge in [0.15, 0.2) is 5.58 Å². The Balaban J connectivity index is 1.91. The molecule has 1 fully saturated rings. The number of carboxylic acid groups (broad SMARTS) is 1. The second-order valence-electron chi connectivity index (χ2n) is 4.81. The largest absolute Gasteiger partial charge is 0.478 e. The van der Waals surface area contributed by atoms with Crippen molar-refractivity contribution < 1.29 is 14.3 Å². The van der Waals surface area contributed by atoms with E-state index in [-0.39, 0.29) is 5.56 Å². The topological polar surface area (TPSA) is 66.6 Å². The lowest BCUT2D eigenvalue weighted by molar-refractivity contribution is 0.0697. The fourth-order valence-corrected chi connectivity index (χ4v) is 1.97. The molecule has 1 aliphatic rings. The average molecular weight is 246 g/mol. The molecule has 3 rings (SSSR count). The van der Waals surface area contributed by atoms with Crippen molar-refractivity contribution in [3.05, 3.63) is 23.8 Å². The van der Waals surface area contributed by atoms with E-state index in [2.05, 4.69) is 4.98 Å². The molecule has 0 atom stereocenters. The lowest BCUT2D eigenvalue weighted by Gasteiger charge is -2.12. The monoisotopic (exact) mass is 246 g/mol. The summed E-state index contributed by atoms with van der Waals surface area (Å²) in [6.45, 7) is 0.943. The van der Waals surface area contributed by atoms with Crippen molar-refractivity contribution in [1.29, 1.82) is 0 Å². The highest BCUT2D eigenvalue weighted by molar-refractivity contribution is 5.92. The van der Waals surface area contributed by atoms with E-state index in [1.165, 1.54) is 25.0 Å². The minimum atomic E-state index is -0.957. The number of hydrogen-bond donors (Lipinski definition) is 1. The van der Waals surface area contributed by atoms with Gasteiger partial charge in [-0.05, 0) is 37.0 Å². The van der Waals surface area contributed by atoms with Crippen LogP contribution in [-0.4, -0.2) is 29.7 Å². The van der Waals surface area contributed by atoms with Gasteiger partial charge in [0.1, 0.15) is 5.52 Å². The molecule has 1 heterocycles. The molecule has 0 radical (unpaired) electrons. The first-order chi connectivity index (χ1) is 8.63. The highest BCUT2D eigenvalue weighted by Gasteiger charge is 2.24. The van der Waals surface area contributed by atoms with Gasteiger partial charge >= 0.3 is 5.97 Å². The van der Waals surface area contributed by atoms with E-state index in [4.69, 9.17) is 9.52 Å². The molecule has 1 aliphatic carbocycles. The molecular formula is C13H14N2O3. The zero-order valence-electron chi connectivity index (χ0n) is 10.1. The lowest BCUT2D eigenvalue weighted by atomic mass is 10.2. The predicted octanol–water partition coefficient (Wildman–Crippen LogP) is 2.37. The summed E-state index contributed by atoms with van der Waals surface area (Å²) in [5.41, 5.74) is 1.43. The van der Waals surface area contributed by atoms with Gasteiger partial charge in [-0.25, -0.2) is 4.79 Å². The quantitative estimate of drug-likeness (QED) is 0.897. The summed E-state index contributed by atoms with van der Waals surface area (Å²) in [6.07, 6.45) is 2.54. The molecule has 2 aromatic rings. The molecule has 1 aromatic carbocycles. The standard InChI is InChI=1S/C13H14N2O3/c1-15(7-8-2-3-8)13-14-10-5-4-9(12(16)17)6-11(10)18-13/h4-6,8H,2-3,7H2,1H3,(H,16,17). The van der Waals surface area contributed by atoms with E-state index in [0.717, 1.165) is 12.5 Å². The molecule has 18 heavy (non-hydrogen) atoms. The van der Waals surface area contributed by atoms with E-state index in [1.807, 2.05) is 11.9 Å².